The van der Waals surface area contributed by atoms with Crippen LogP contribution in [0.15, 0.2) is 0 Å². The van der Waals surface area contributed by atoms with Crippen LogP contribution in [0, 0.1) is 0 Å². The minimum absolute atomic E-state index is 0.759. The minimum Gasteiger partial charge on any atom is -0.333 e. The van der Waals surface area contributed by atoms with Crippen LogP contribution in [0.25, 0.3) is 0 Å². The van der Waals surface area contributed by atoms with Gasteiger partial charge in [0.1, 0.15) is 0 Å². The van der Waals surface area contributed by atoms with E-state index in [0.717, 1.165) is 12.1 Å². The first kappa shape index (κ1) is 7.96. The number of rotatable bonds is 2. The van der Waals surface area contributed by atoms with Gasteiger partial charge < -0.3 is 4.90 Å². The van der Waals surface area contributed by atoms with Gasteiger partial charge in [0.15, 0.2) is 0 Å². The van der Waals surface area contributed by atoms with Crippen LogP contribution in [0.4, 0.5) is 0 Å². The highest BCUT2D eigenvalue weighted by molar-refractivity contribution is 4.35. The molecule has 0 fully saturated rings. The van der Waals surface area contributed by atoms with E-state index in [1.54, 1.807) is 4.90 Å². The van der Waals surface area contributed by atoms with Gasteiger partial charge in [-0.2, -0.15) is 0 Å². The largest absolute Gasteiger partial charge is 0.333 e. The first-order valence-corrected chi connectivity index (χ1v) is 3.39. The molecule has 50 valence electrons. The molecule has 0 aliphatic carbocycles. The first-order valence-electron chi connectivity index (χ1n) is 3.39. The third-order valence-electron chi connectivity index (χ3n) is 1.82. The summed E-state index contributed by atoms with van der Waals surface area (Å²) in [5.41, 5.74) is 0. The monoisotopic (exact) mass is 116 g/mol. The van der Waals surface area contributed by atoms with Crippen LogP contribution in [-0.4, -0.2) is 19.1 Å². The molecule has 0 saturated carbocycles. The fraction of sp³-hybridized carbons (Fsp3) is 1.00. The van der Waals surface area contributed by atoms with E-state index < -0.39 is 0 Å². The normalized spacial score (nSPS) is 12.0. The molecular formula is C7H18N+. The molecule has 1 nitrogen and oxygen atoms in total. The van der Waals surface area contributed by atoms with Crippen LogP contribution in [0.3, 0.4) is 0 Å². The molecule has 1 N–H and O–H groups in total. The Morgan fingerprint density at radius 2 is 1.12 bits per heavy atom. The van der Waals surface area contributed by atoms with E-state index in [2.05, 4.69) is 34.7 Å². The van der Waals surface area contributed by atoms with E-state index in [0.29, 0.717) is 0 Å². The van der Waals surface area contributed by atoms with Gasteiger partial charge in [-0.3, -0.25) is 0 Å². The predicted octanol–water partition coefficient (Wildman–Crippen LogP) is 0.318. The summed E-state index contributed by atoms with van der Waals surface area (Å²) in [6.07, 6.45) is 0. The molecule has 0 heterocycles. The maximum Gasteiger partial charge on any atom is 0.0817 e. The molecule has 0 aromatic carbocycles. The maximum absolute atomic E-state index is 2.25. The second-order valence-electron chi connectivity index (χ2n) is 3.05. The highest BCUT2D eigenvalue weighted by Gasteiger charge is 2.08. The smallest absolute Gasteiger partial charge is 0.0817 e. The van der Waals surface area contributed by atoms with Gasteiger partial charge in [0.2, 0.25) is 0 Å². The van der Waals surface area contributed by atoms with Crippen molar-refractivity contribution in [2.75, 3.05) is 7.05 Å². The lowest BCUT2D eigenvalue weighted by molar-refractivity contribution is -0.923. The summed E-state index contributed by atoms with van der Waals surface area (Å²) in [5.74, 6) is 0. The maximum atomic E-state index is 2.25. The number of hydrogen-bond acceptors (Lipinski definition) is 0. The Morgan fingerprint density at radius 3 is 1.12 bits per heavy atom. The number of quaternary nitrogens is 1. The molecule has 0 bridgehead atoms. The summed E-state index contributed by atoms with van der Waals surface area (Å²) >= 11 is 0. The van der Waals surface area contributed by atoms with E-state index in [4.69, 9.17) is 0 Å². The zero-order valence-corrected chi connectivity index (χ0v) is 6.65. The molecule has 0 aliphatic heterocycles. The summed E-state index contributed by atoms with van der Waals surface area (Å²) in [5, 5.41) is 0. The minimum atomic E-state index is 0.759. The van der Waals surface area contributed by atoms with E-state index in [-0.39, 0.29) is 0 Å². The molecule has 0 rings (SSSR count). The average molecular weight is 116 g/mol. The Hall–Kier alpha value is -0.0400. The van der Waals surface area contributed by atoms with Crippen LogP contribution in [0.2, 0.25) is 0 Å². The van der Waals surface area contributed by atoms with Crippen LogP contribution in [0.1, 0.15) is 27.7 Å². The van der Waals surface area contributed by atoms with Crippen LogP contribution >= 0.6 is 0 Å². The first-order chi connectivity index (χ1) is 3.55. The van der Waals surface area contributed by atoms with Gasteiger partial charge in [-0.05, 0) is 27.7 Å². The SMILES string of the molecule is CC(C)[NH+](C)C(C)C. The molecule has 0 amide bonds. The highest BCUT2D eigenvalue weighted by Crippen LogP contribution is 1.71. The van der Waals surface area contributed by atoms with Gasteiger partial charge in [-0.15, -0.1) is 0 Å². The summed E-state index contributed by atoms with van der Waals surface area (Å²) in [6.45, 7) is 8.98. The fourth-order valence-electron chi connectivity index (χ4n) is 0.667. The van der Waals surface area contributed by atoms with Crippen LogP contribution in [0.5, 0.6) is 0 Å². The van der Waals surface area contributed by atoms with Crippen molar-refractivity contribution in [1.29, 1.82) is 0 Å². The number of nitrogens with one attached hydrogen (secondary N) is 1. The molecule has 8 heavy (non-hydrogen) atoms. The van der Waals surface area contributed by atoms with Crippen molar-refractivity contribution in [2.45, 2.75) is 39.8 Å². The average Bonchev–Trinajstić information content (AvgIpc) is 1.64. The van der Waals surface area contributed by atoms with Crippen molar-refractivity contribution in [3.8, 4) is 0 Å². The third-order valence-corrected chi connectivity index (χ3v) is 1.82. The summed E-state index contributed by atoms with van der Waals surface area (Å²) in [6, 6.07) is 1.52. The van der Waals surface area contributed by atoms with Crippen LogP contribution in [-0.2, 0) is 0 Å². The topological polar surface area (TPSA) is 4.44 Å². The van der Waals surface area contributed by atoms with Gasteiger partial charge in [-0.25, -0.2) is 0 Å². The van der Waals surface area contributed by atoms with Gasteiger partial charge in [0.25, 0.3) is 0 Å². The molecule has 1 heteroatoms. The lowest BCUT2D eigenvalue weighted by Crippen LogP contribution is -3.15. The van der Waals surface area contributed by atoms with Gasteiger partial charge in [-0.1, -0.05) is 0 Å². The van der Waals surface area contributed by atoms with Crippen molar-refractivity contribution in [1.82, 2.24) is 0 Å². The molecule has 0 aliphatic rings. The molecule has 0 atom stereocenters. The third kappa shape index (κ3) is 2.31. The highest BCUT2D eigenvalue weighted by atomic mass is 15.1. The van der Waals surface area contributed by atoms with Gasteiger partial charge >= 0.3 is 0 Å². The lowest BCUT2D eigenvalue weighted by Gasteiger charge is -2.21. The quantitative estimate of drug-likeness (QED) is 0.530. The standard InChI is InChI=1S/C7H17N/c1-6(2)8(5)7(3)4/h6-7H,1-5H3/p+1. The molecular weight excluding hydrogens is 98.1 g/mol. The summed E-state index contributed by atoms with van der Waals surface area (Å²) in [4.78, 5) is 1.60. The molecule has 0 radical (unpaired) electrons. The van der Waals surface area contributed by atoms with E-state index in [1.165, 1.54) is 0 Å². The lowest BCUT2D eigenvalue weighted by atomic mass is 10.3. The van der Waals surface area contributed by atoms with Gasteiger partial charge in [0.05, 0.1) is 19.1 Å². The Labute approximate surface area is 52.7 Å². The van der Waals surface area contributed by atoms with E-state index in [9.17, 15) is 0 Å². The Kier molecular flexibility index (Phi) is 3.06. The Bertz CT molecular complexity index is 49.4. The number of hydrogen-bond donors (Lipinski definition) is 1. The Morgan fingerprint density at radius 1 is 0.875 bits per heavy atom. The van der Waals surface area contributed by atoms with Crippen LogP contribution < -0.4 is 4.90 Å². The predicted molar refractivity (Wildman–Crippen MR) is 37.2 cm³/mol. The van der Waals surface area contributed by atoms with Crippen molar-refractivity contribution in [2.24, 2.45) is 0 Å². The van der Waals surface area contributed by atoms with Gasteiger partial charge in [0, 0.05) is 0 Å². The van der Waals surface area contributed by atoms with Crippen molar-refractivity contribution >= 4 is 0 Å². The zero-order chi connectivity index (χ0) is 6.73. The second-order valence-corrected chi connectivity index (χ2v) is 3.05. The van der Waals surface area contributed by atoms with E-state index >= 15 is 0 Å². The molecule has 0 unspecified atom stereocenters. The van der Waals surface area contributed by atoms with Crippen molar-refractivity contribution in [3.63, 3.8) is 0 Å². The molecule has 0 spiro atoms. The molecule has 0 aromatic heterocycles. The van der Waals surface area contributed by atoms with Crippen molar-refractivity contribution < 1.29 is 4.90 Å². The molecule has 0 aromatic rings. The second kappa shape index (κ2) is 3.08. The van der Waals surface area contributed by atoms with E-state index in [1.807, 2.05) is 0 Å². The Balaban J connectivity index is 3.46. The zero-order valence-electron chi connectivity index (χ0n) is 6.65. The summed E-state index contributed by atoms with van der Waals surface area (Å²) < 4.78 is 0. The fourth-order valence-corrected chi connectivity index (χ4v) is 0.667. The molecule has 0 saturated heterocycles. The summed E-state index contributed by atoms with van der Waals surface area (Å²) in [7, 11) is 2.23. The van der Waals surface area contributed by atoms with Crippen molar-refractivity contribution in [3.05, 3.63) is 0 Å².